The predicted molar refractivity (Wildman–Crippen MR) is 75.9 cm³/mol. The standard InChI is InChI=1S/C16H25NO/c1-16(10-4-3-5-11-16)13-17-12-14-6-8-15(18-2)9-7-14/h6-9,17H,3-5,10-13H2,1-2H3. The second-order valence-electron chi connectivity index (χ2n) is 5.82. The second-order valence-corrected chi connectivity index (χ2v) is 5.82. The molecule has 1 aliphatic rings. The number of hydrogen-bond acceptors (Lipinski definition) is 2. The number of rotatable bonds is 5. The molecule has 0 aromatic heterocycles. The van der Waals surface area contributed by atoms with Crippen molar-refractivity contribution in [3.63, 3.8) is 0 Å². The molecule has 2 nitrogen and oxygen atoms in total. The quantitative estimate of drug-likeness (QED) is 0.855. The summed E-state index contributed by atoms with van der Waals surface area (Å²) in [5.74, 6) is 0.929. The van der Waals surface area contributed by atoms with Crippen molar-refractivity contribution in [3.8, 4) is 5.75 Å². The van der Waals surface area contributed by atoms with Crippen molar-refractivity contribution in [3.05, 3.63) is 29.8 Å². The first kappa shape index (κ1) is 13.4. The zero-order valence-corrected chi connectivity index (χ0v) is 11.7. The average Bonchev–Trinajstić information content (AvgIpc) is 2.40. The largest absolute Gasteiger partial charge is 0.497 e. The molecular formula is C16H25NO. The SMILES string of the molecule is COc1ccc(CNCC2(C)CCCCC2)cc1. The van der Waals surface area contributed by atoms with Gasteiger partial charge in [0, 0.05) is 13.1 Å². The van der Waals surface area contributed by atoms with E-state index in [-0.39, 0.29) is 0 Å². The Bertz CT molecular complexity index is 352. The normalized spacial score (nSPS) is 18.6. The summed E-state index contributed by atoms with van der Waals surface area (Å²) in [4.78, 5) is 0. The van der Waals surface area contributed by atoms with E-state index < -0.39 is 0 Å². The highest BCUT2D eigenvalue weighted by Gasteiger charge is 2.25. The van der Waals surface area contributed by atoms with Gasteiger partial charge in [-0.1, -0.05) is 38.3 Å². The van der Waals surface area contributed by atoms with Crippen LogP contribution in [0.15, 0.2) is 24.3 Å². The maximum Gasteiger partial charge on any atom is 0.118 e. The summed E-state index contributed by atoms with van der Waals surface area (Å²) >= 11 is 0. The van der Waals surface area contributed by atoms with Crippen LogP contribution in [0.25, 0.3) is 0 Å². The summed E-state index contributed by atoms with van der Waals surface area (Å²) in [6, 6.07) is 8.32. The van der Waals surface area contributed by atoms with Gasteiger partial charge >= 0.3 is 0 Å². The molecule has 1 saturated carbocycles. The summed E-state index contributed by atoms with van der Waals surface area (Å²) in [7, 11) is 1.71. The first-order valence-electron chi connectivity index (χ1n) is 7.06. The van der Waals surface area contributed by atoms with Crippen LogP contribution in [0.1, 0.15) is 44.6 Å². The Morgan fingerprint density at radius 1 is 1.11 bits per heavy atom. The molecule has 0 heterocycles. The van der Waals surface area contributed by atoms with Crippen LogP contribution < -0.4 is 10.1 Å². The highest BCUT2D eigenvalue weighted by molar-refractivity contribution is 5.26. The van der Waals surface area contributed by atoms with E-state index in [0.717, 1.165) is 18.8 Å². The number of methoxy groups -OCH3 is 1. The zero-order chi connectivity index (χ0) is 12.8. The second kappa shape index (κ2) is 6.24. The van der Waals surface area contributed by atoms with Gasteiger partial charge in [-0.15, -0.1) is 0 Å². The van der Waals surface area contributed by atoms with E-state index in [4.69, 9.17) is 4.74 Å². The first-order valence-corrected chi connectivity index (χ1v) is 7.06. The van der Waals surface area contributed by atoms with Crippen LogP contribution >= 0.6 is 0 Å². The Kier molecular flexibility index (Phi) is 4.65. The van der Waals surface area contributed by atoms with Gasteiger partial charge in [0.05, 0.1) is 7.11 Å². The molecule has 0 amide bonds. The third kappa shape index (κ3) is 3.74. The fourth-order valence-corrected chi connectivity index (χ4v) is 2.83. The number of ether oxygens (including phenoxy) is 1. The van der Waals surface area contributed by atoms with Crippen LogP contribution in [0.3, 0.4) is 0 Å². The van der Waals surface area contributed by atoms with E-state index in [1.807, 2.05) is 12.1 Å². The summed E-state index contributed by atoms with van der Waals surface area (Å²) in [6.45, 7) is 4.52. The molecule has 0 unspecified atom stereocenters. The molecule has 100 valence electrons. The number of benzene rings is 1. The van der Waals surface area contributed by atoms with Gasteiger partial charge in [0.1, 0.15) is 5.75 Å². The Hall–Kier alpha value is -1.02. The minimum Gasteiger partial charge on any atom is -0.497 e. The van der Waals surface area contributed by atoms with Crippen molar-refractivity contribution in [2.75, 3.05) is 13.7 Å². The molecule has 0 saturated heterocycles. The maximum absolute atomic E-state index is 5.16. The third-order valence-corrected chi connectivity index (χ3v) is 4.10. The maximum atomic E-state index is 5.16. The molecular weight excluding hydrogens is 222 g/mol. The van der Waals surface area contributed by atoms with Gasteiger partial charge in [-0.3, -0.25) is 0 Å². The summed E-state index contributed by atoms with van der Waals surface area (Å²) in [5.41, 5.74) is 1.85. The van der Waals surface area contributed by atoms with Crippen LogP contribution in [0, 0.1) is 5.41 Å². The smallest absolute Gasteiger partial charge is 0.118 e. The molecule has 1 aromatic rings. The molecule has 1 aliphatic carbocycles. The fourth-order valence-electron chi connectivity index (χ4n) is 2.83. The van der Waals surface area contributed by atoms with Gasteiger partial charge in [0.25, 0.3) is 0 Å². The summed E-state index contributed by atoms with van der Waals surface area (Å²) < 4.78 is 5.16. The number of hydrogen-bond donors (Lipinski definition) is 1. The molecule has 18 heavy (non-hydrogen) atoms. The summed E-state index contributed by atoms with van der Waals surface area (Å²) in [6.07, 6.45) is 6.99. The summed E-state index contributed by atoms with van der Waals surface area (Å²) in [5, 5.41) is 3.61. The van der Waals surface area contributed by atoms with Gasteiger partial charge < -0.3 is 10.1 Å². The van der Waals surface area contributed by atoms with Gasteiger partial charge in [-0.25, -0.2) is 0 Å². The molecule has 2 rings (SSSR count). The molecule has 2 heteroatoms. The van der Waals surface area contributed by atoms with Gasteiger partial charge in [-0.2, -0.15) is 0 Å². The molecule has 1 N–H and O–H groups in total. The lowest BCUT2D eigenvalue weighted by molar-refractivity contribution is 0.207. The Balaban J connectivity index is 1.77. The highest BCUT2D eigenvalue weighted by atomic mass is 16.5. The lowest BCUT2D eigenvalue weighted by Gasteiger charge is -2.33. The first-order chi connectivity index (χ1) is 8.72. The molecule has 0 radical (unpaired) electrons. The molecule has 0 bridgehead atoms. The predicted octanol–water partition coefficient (Wildman–Crippen LogP) is 3.76. The monoisotopic (exact) mass is 247 g/mol. The van der Waals surface area contributed by atoms with Crippen molar-refractivity contribution in [1.29, 1.82) is 0 Å². The minimum absolute atomic E-state index is 0.519. The Morgan fingerprint density at radius 2 is 1.78 bits per heavy atom. The van der Waals surface area contributed by atoms with E-state index in [1.165, 1.54) is 37.7 Å². The van der Waals surface area contributed by atoms with Crippen molar-refractivity contribution in [1.82, 2.24) is 5.32 Å². The van der Waals surface area contributed by atoms with E-state index >= 15 is 0 Å². The van der Waals surface area contributed by atoms with Crippen LogP contribution in [0.2, 0.25) is 0 Å². The van der Waals surface area contributed by atoms with Gasteiger partial charge in [0.2, 0.25) is 0 Å². The van der Waals surface area contributed by atoms with Crippen molar-refractivity contribution >= 4 is 0 Å². The van der Waals surface area contributed by atoms with Crippen molar-refractivity contribution in [2.45, 2.75) is 45.6 Å². The zero-order valence-electron chi connectivity index (χ0n) is 11.7. The average molecular weight is 247 g/mol. The Morgan fingerprint density at radius 3 is 2.39 bits per heavy atom. The van der Waals surface area contributed by atoms with Crippen LogP contribution in [0.4, 0.5) is 0 Å². The fraction of sp³-hybridized carbons (Fsp3) is 0.625. The van der Waals surface area contributed by atoms with Gasteiger partial charge in [-0.05, 0) is 36.0 Å². The van der Waals surface area contributed by atoms with E-state index in [1.54, 1.807) is 7.11 Å². The van der Waals surface area contributed by atoms with E-state index in [2.05, 4.69) is 24.4 Å². The molecule has 1 aromatic carbocycles. The van der Waals surface area contributed by atoms with Gasteiger partial charge in [0.15, 0.2) is 0 Å². The minimum atomic E-state index is 0.519. The van der Waals surface area contributed by atoms with Crippen LogP contribution in [-0.2, 0) is 6.54 Å². The highest BCUT2D eigenvalue weighted by Crippen LogP contribution is 2.34. The molecule has 0 atom stereocenters. The Labute approximate surface area is 111 Å². The third-order valence-electron chi connectivity index (χ3n) is 4.10. The van der Waals surface area contributed by atoms with Crippen molar-refractivity contribution in [2.24, 2.45) is 5.41 Å². The van der Waals surface area contributed by atoms with E-state index in [0.29, 0.717) is 5.41 Å². The van der Waals surface area contributed by atoms with Crippen molar-refractivity contribution < 1.29 is 4.74 Å². The topological polar surface area (TPSA) is 21.3 Å². The lowest BCUT2D eigenvalue weighted by Crippen LogP contribution is -2.33. The lowest BCUT2D eigenvalue weighted by atomic mass is 9.76. The van der Waals surface area contributed by atoms with Crippen LogP contribution in [0.5, 0.6) is 5.75 Å². The van der Waals surface area contributed by atoms with Crippen LogP contribution in [-0.4, -0.2) is 13.7 Å². The molecule has 0 aliphatic heterocycles. The molecule has 0 spiro atoms. The number of nitrogens with one attached hydrogen (secondary N) is 1. The van der Waals surface area contributed by atoms with E-state index in [9.17, 15) is 0 Å². The molecule has 1 fully saturated rings.